The Labute approximate surface area is 413 Å². The van der Waals surface area contributed by atoms with Gasteiger partial charge < -0.3 is 18.9 Å². The van der Waals surface area contributed by atoms with Crippen molar-refractivity contribution in [1.29, 1.82) is 0 Å². The highest BCUT2D eigenvalue weighted by Crippen LogP contribution is 2.38. The molecule has 4 rings (SSSR count). The van der Waals surface area contributed by atoms with Crippen molar-refractivity contribution in [2.24, 2.45) is 0 Å². The summed E-state index contributed by atoms with van der Waals surface area (Å²) in [4.78, 5) is 54.5. The van der Waals surface area contributed by atoms with E-state index in [1.54, 1.807) is 18.2 Å². The topological polar surface area (TPSA) is 160 Å². The zero-order chi connectivity index (χ0) is 37.9. The van der Waals surface area contributed by atoms with Crippen molar-refractivity contribution in [3.8, 4) is 17.2 Å². The van der Waals surface area contributed by atoms with Gasteiger partial charge in [0.05, 0.1) is 16.7 Å². The van der Waals surface area contributed by atoms with E-state index in [-0.39, 0.29) is 22.4 Å². The summed E-state index contributed by atoms with van der Waals surface area (Å²) in [6.07, 6.45) is 0. The van der Waals surface area contributed by atoms with Crippen molar-refractivity contribution in [3.05, 3.63) is 103 Å². The predicted octanol–water partition coefficient (Wildman–Crippen LogP) is 9.83. The third kappa shape index (κ3) is 12.4. The first-order chi connectivity index (χ1) is 23.7. The summed E-state index contributed by atoms with van der Waals surface area (Å²) in [5.74, 6) is -6.12. The van der Waals surface area contributed by atoms with Crippen molar-refractivity contribution < 1.29 is 51.1 Å². The van der Waals surface area contributed by atoms with Crippen LogP contribution in [0.4, 0.5) is 0 Å². The van der Waals surface area contributed by atoms with Gasteiger partial charge in [-0.2, -0.15) is 8.42 Å². The van der Waals surface area contributed by atoms with E-state index in [4.69, 9.17) is 18.9 Å². The van der Waals surface area contributed by atoms with E-state index >= 15 is 0 Å². The molecule has 0 unspecified atom stereocenters. The Balaban J connectivity index is 1.92. The van der Waals surface area contributed by atoms with Crippen molar-refractivity contribution in [3.63, 3.8) is 0 Å². The Hall–Kier alpha value is 1.24. The lowest BCUT2D eigenvalue weighted by atomic mass is 10.1. The molecule has 0 atom stereocenters. The highest BCUT2D eigenvalue weighted by atomic mass is 127. The van der Waals surface area contributed by atoms with Gasteiger partial charge in [0.1, 0.15) is 23.7 Å². The molecule has 0 radical (unpaired) electrons. The largest absolute Gasteiger partial charge is 0.461 e. The highest BCUT2D eigenvalue weighted by Gasteiger charge is 2.30. The molecule has 0 fully saturated rings. The summed E-state index contributed by atoms with van der Waals surface area (Å²) in [5.41, 5.74) is -0.0754. The quantitative estimate of drug-likeness (QED) is 0.0530. The molecular weight excluding hydrogens is 1710 g/mol. The summed E-state index contributed by atoms with van der Waals surface area (Å²) in [5, 5.41) is 0. The van der Waals surface area contributed by atoms with Gasteiger partial charge in [0.25, 0.3) is 10.1 Å². The number of carbonyl (C=O) groups is 4. The predicted molar refractivity (Wildman–Crippen MR) is 262 cm³/mol. The molecular formula is C30H13I9O11S. The van der Waals surface area contributed by atoms with Crippen LogP contribution in [0.5, 0.6) is 17.2 Å². The summed E-state index contributed by atoms with van der Waals surface area (Å²) in [7, 11) is -4.53. The van der Waals surface area contributed by atoms with Crippen LogP contribution in [-0.4, -0.2) is 49.2 Å². The number of carbonyl (C=O) groups excluding carboxylic acids is 4. The SMILES string of the molecule is O=C(Oc1cc(OC(=O)c2cc(I)cc(I)c2I)c(C(=O)OCCS(=O)(=O)O)c(OC(=O)c2cc(I)cc(I)c2I)c1)c1cc(I)cc(I)c1I. The fourth-order valence-electron chi connectivity index (χ4n) is 3.88. The molecule has 0 aliphatic heterocycles. The second kappa shape index (κ2) is 19.6. The minimum Gasteiger partial charge on any atom is -0.461 e. The molecule has 51 heavy (non-hydrogen) atoms. The zero-order valence-electron chi connectivity index (χ0n) is 24.4. The number of hydrogen-bond donors (Lipinski definition) is 1. The molecule has 4 aromatic rings. The van der Waals surface area contributed by atoms with E-state index in [1.165, 1.54) is 0 Å². The fourth-order valence-corrected chi connectivity index (χ4v) is 11.3. The lowest BCUT2D eigenvalue weighted by Crippen LogP contribution is -2.20. The second-order valence-electron chi connectivity index (χ2n) is 9.63. The minimum absolute atomic E-state index is 0.143. The van der Waals surface area contributed by atoms with Gasteiger partial charge in [-0.1, -0.05) is 0 Å². The summed E-state index contributed by atoms with van der Waals surface area (Å²) in [6, 6.07) is 12.5. The molecule has 0 saturated carbocycles. The third-order valence-corrected chi connectivity index (χ3v) is 17.8. The lowest BCUT2D eigenvalue weighted by Gasteiger charge is -2.17. The smallest absolute Gasteiger partial charge is 0.345 e. The van der Waals surface area contributed by atoms with Gasteiger partial charge in [0, 0.05) is 44.3 Å². The van der Waals surface area contributed by atoms with Crippen LogP contribution in [0.2, 0.25) is 0 Å². The molecule has 0 aliphatic rings. The second-order valence-corrected chi connectivity index (χ2v) is 21.7. The van der Waals surface area contributed by atoms with E-state index in [0.717, 1.165) is 33.6 Å². The van der Waals surface area contributed by atoms with Gasteiger partial charge >= 0.3 is 23.9 Å². The van der Waals surface area contributed by atoms with E-state index in [0.29, 0.717) is 10.7 Å². The van der Waals surface area contributed by atoms with Gasteiger partial charge in [-0.05, 0) is 240 Å². The van der Waals surface area contributed by atoms with E-state index < -0.39 is 63.4 Å². The number of rotatable bonds is 10. The molecule has 21 heteroatoms. The van der Waals surface area contributed by atoms with Crippen molar-refractivity contribution in [2.45, 2.75) is 0 Å². The molecule has 0 aliphatic carbocycles. The molecule has 1 N–H and O–H groups in total. The first-order valence-corrected chi connectivity index (χ1v) is 24.5. The number of esters is 4. The Kier molecular flexibility index (Phi) is 17.3. The van der Waals surface area contributed by atoms with Crippen LogP contribution in [-0.2, 0) is 14.9 Å². The third-order valence-electron chi connectivity index (χ3n) is 6.07. The lowest BCUT2D eigenvalue weighted by molar-refractivity contribution is 0.0516. The molecule has 0 saturated heterocycles. The standard InChI is InChI=1S/C30H13I9O11S/c31-11-3-15(24(37)18(34)6-11)27(40)48-14-9-21(49-28(41)16-4-12(32)7-19(35)25(16)38)23(30(43)47-1-2-51(44,45)46)22(10-14)50-29(42)17-5-13(33)8-20(36)26(17)39/h3-10H,1-2H2,(H,44,45,46). The molecule has 0 bridgehead atoms. The van der Waals surface area contributed by atoms with Crippen LogP contribution < -0.4 is 14.2 Å². The maximum atomic E-state index is 13.7. The number of halogens is 9. The van der Waals surface area contributed by atoms with Gasteiger partial charge in [-0.15, -0.1) is 0 Å². The van der Waals surface area contributed by atoms with Crippen LogP contribution in [0, 0.1) is 32.1 Å². The zero-order valence-corrected chi connectivity index (χ0v) is 44.6. The Morgan fingerprint density at radius 2 is 0.882 bits per heavy atom. The Morgan fingerprint density at radius 1 is 0.529 bits per heavy atom. The van der Waals surface area contributed by atoms with Crippen LogP contribution in [0.3, 0.4) is 0 Å². The molecule has 0 spiro atoms. The van der Waals surface area contributed by atoms with Crippen molar-refractivity contribution >= 4 is 237 Å². The van der Waals surface area contributed by atoms with Crippen LogP contribution >= 0.6 is 203 Å². The van der Waals surface area contributed by atoms with Crippen LogP contribution in [0.25, 0.3) is 0 Å². The van der Waals surface area contributed by atoms with Gasteiger partial charge in [-0.25, -0.2) is 19.2 Å². The first-order valence-electron chi connectivity index (χ1n) is 13.2. The summed E-state index contributed by atoms with van der Waals surface area (Å²) >= 11 is 18.3. The minimum atomic E-state index is -4.53. The molecule has 0 amide bonds. The van der Waals surface area contributed by atoms with E-state index in [2.05, 4.69) is 90.4 Å². The average Bonchev–Trinajstić information content (AvgIpc) is 3.01. The first kappa shape index (κ1) is 44.9. The number of hydrogen-bond acceptors (Lipinski definition) is 10. The molecule has 0 heterocycles. The van der Waals surface area contributed by atoms with Crippen LogP contribution in [0.1, 0.15) is 41.4 Å². The highest BCUT2D eigenvalue weighted by molar-refractivity contribution is 14.1. The molecule has 4 aromatic carbocycles. The summed E-state index contributed by atoms with van der Waals surface area (Å²) in [6.45, 7) is -0.793. The van der Waals surface area contributed by atoms with Gasteiger partial charge in [0.2, 0.25) is 0 Å². The average molecular weight is 1720 g/mol. The molecule has 0 aromatic heterocycles. The number of benzene rings is 4. The maximum Gasteiger partial charge on any atom is 0.345 e. The summed E-state index contributed by atoms with van der Waals surface area (Å²) < 4.78 is 60.5. The van der Waals surface area contributed by atoms with E-state index in [1.807, 2.05) is 131 Å². The fraction of sp³-hybridized carbons (Fsp3) is 0.0667. The van der Waals surface area contributed by atoms with Crippen LogP contribution in [0.15, 0.2) is 48.5 Å². The normalized spacial score (nSPS) is 11.2. The Morgan fingerprint density at radius 3 is 1.24 bits per heavy atom. The van der Waals surface area contributed by atoms with E-state index in [9.17, 15) is 32.1 Å². The maximum absolute atomic E-state index is 13.7. The van der Waals surface area contributed by atoms with Crippen molar-refractivity contribution in [1.82, 2.24) is 0 Å². The Bertz CT molecular complexity index is 2140. The monoisotopic (exact) mass is 1720 g/mol. The molecule has 11 nitrogen and oxygen atoms in total. The number of ether oxygens (including phenoxy) is 4. The van der Waals surface area contributed by atoms with Gasteiger partial charge in [-0.3, -0.25) is 4.55 Å². The van der Waals surface area contributed by atoms with Gasteiger partial charge in [0.15, 0.2) is 11.5 Å². The van der Waals surface area contributed by atoms with Crippen molar-refractivity contribution in [2.75, 3.05) is 12.4 Å². The molecule has 268 valence electrons.